The lowest BCUT2D eigenvalue weighted by Crippen LogP contribution is -2.11. The number of halogens is 2. The van der Waals surface area contributed by atoms with Gasteiger partial charge in [-0.25, -0.2) is 0 Å². The van der Waals surface area contributed by atoms with Crippen molar-refractivity contribution in [3.63, 3.8) is 0 Å². The Morgan fingerprint density at radius 2 is 2.20 bits per heavy atom. The fourth-order valence-electron chi connectivity index (χ4n) is 2.52. The molecule has 5 heteroatoms. The second-order valence-corrected chi connectivity index (χ2v) is 6.10. The Bertz CT molecular complexity index is 591. The second-order valence-electron chi connectivity index (χ2n) is 4.78. The molecule has 2 aromatic rings. The van der Waals surface area contributed by atoms with Crippen molar-refractivity contribution >= 4 is 38.4 Å². The number of hydrogen-bond acceptors (Lipinski definition) is 2. The van der Waals surface area contributed by atoms with Crippen LogP contribution >= 0.6 is 27.5 Å². The molecule has 0 bridgehead atoms. The minimum absolute atomic E-state index is 0.560. The van der Waals surface area contributed by atoms with Crippen LogP contribution < -0.4 is 0 Å². The Hall–Kier alpha value is -0.580. The summed E-state index contributed by atoms with van der Waals surface area (Å²) in [6.07, 6.45) is 1.11. The van der Waals surface area contributed by atoms with E-state index >= 15 is 0 Å². The summed E-state index contributed by atoms with van der Waals surface area (Å²) in [4.78, 5) is 0. The molecular weight excluding hydrogens is 340 g/mol. The first-order valence-electron chi connectivity index (χ1n) is 7.05. The number of benzene rings is 1. The van der Waals surface area contributed by atoms with Gasteiger partial charge in [0.05, 0.1) is 22.8 Å². The van der Waals surface area contributed by atoms with E-state index in [2.05, 4.69) is 31.8 Å². The van der Waals surface area contributed by atoms with Gasteiger partial charge in [0.1, 0.15) is 0 Å². The molecule has 0 saturated carbocycles. The van der Waals surface area contributed by atoms with Crippen LogP contribution in [-0.4, -0.2) is 23.0 Å². The SMILES string of the molecule is CC.Cc1nn(CC2CCOC2)c2cc(Br)cc(Cl)c12. The lowest BCUT2D eigenvalue weighted by Gasteiger charge is -2.09. The predicted octanol–water partition coefficient (Wildman–Crippen LogP) is 4.82. The summed E-state index contributed by atoms with van der Waals surface area (Å²) < 4.78 is 8.47. The fourth-order valence-corrected chi connectivity index (χ4v) is 3.45. The standard InChI is InChI=1S/C13H14BrClN2O.C2H6/c1-8-13-11(15)4-10(14)5-12(13)17(16-8)6-9-2-3-18-7-9;1-2/h4-5,9H,2-3,6-7H2,1H3;1-2H3. The van der Waals surface area contributed by atoms with Gasteiger partial charge in [0.15, 0.2) is 0 Å². The van der Waals surface area contributed by atoms with Gasteiger partial charge in [-0.15, -0.1) is 0 Å². The molecule has 110 valence electrons. The first-order chi connectivity index (χ1) is 9.65. The van der Waals surface area contributed by atoms with Crippen molar-refractivity contribution in [1.82, 2.24) is 9.78 Å². The molecule has 1 saturated heterocycles. The summed E-state index contributed by atoms with van der Waals surface area (Å²) in [6, 6.07) is 4.00. The molecule has 0 amide bonds. The van der Waals surface area contributed by atoms with Crippen molar-refractivity contribution in [2.75, 3.05) is 13.2 Å². The van der Waals surface area contributed by atoms with Crippen LogP contribution in [0.3, 0.4) is 0 Å². The molecular formula is C15H20BrClN2O. The van der Waals surface area contributed by atoms with Gasteiger partial charge in [-0.3, -0.25) is 4.68 Å². The molecule has 1 aliphatic rings. The Kier molecular flexibility index (Phi) is 5.47. The maximum absolute atomic E-state index is 6.29. The Balaban J connectivity index is 0.000000704. The molecule has 1 aromatic carbocycles. The highest BCUT2D eigenvalue weighted by molar-refractivity contribution is 9.10. The monoisotopic (exact) mass is 358 g/mol. The minimum Gasteiger partial charge on any atom is -0.381 e. The van der Waals surface area contributed by atoms with Crippen molar-refractivity contribution < 1.29 is 4.74 Å². The van der Waals surface area contributed by atoms with Crippen molar-refractivity contribution in [3.05, 3.63) is 27.3 Å². The molecule has 1 aliphatic heterocycles. The van der Waals surface area contributed by atoms with Crippen LogP contribution in [0.1, 0.15) is 26.0 Å². The van der Waals surface area contributed by atoms with Crippen LogP contribution in [-0.2, 0) is 11.3 Å². The molecule has 0 spiro atoms. The van der Waals surface area contributed by atoms with E-state index in [1.54, 1.807) is 0 Å². The van der Waals surface area contributed by atoms with E-state index in [0.717, 1.165) is 52.3 Å². The third-order valence-corrected chi connectivity index (χ3v) is 4.16. The van der Waals surface area contributed by atoms with Crippen LogP contribution in [0, 0.1) is 12.8 Å². The Morgan fingerprint density at radius 1 is 1.45 bits per heavy atom. The zero-order valence-electron chi connectivity index (χ0n) is 12.1. The van der Waals surface area contributed by atoms with Crippen molar-refractivity contribution in [2.24, 2.45) is 5.92 Å². The zero-order valence-corrected chi connectivity index (χ0v) is 14.5. The second kappa shape index (κ2) is 6.92. The minimum atomic E-state index is 0.560. The third kappa shape index (κ3) is 3.18. The molecule has 1 aromatic heterocycles. The quantitative estimate of drug-likeness (QED) is 0.768. The van der Waals surface area contributed by atoms with E-state index in [4.69, 9.17) is 16.3 Å². The summed E-state index contributed by atoms with van der Waals surface area (Å²) in [6.45, 7) is 8.61. The van der Waals surface area contributed by atoms with Gasteiger partial charge in [0.25, 0.3) is 0 Å². The van der Waals surface area contributed by atoms with E-state index in [9.17, 15) is 0 Å². The highest BCUT2D eigenvalue weighted by atomic mass is 79.9. The number of ether oxygens (including phenoxy) is 1. The molecule has 1 atom stereocenters. The maximum atomic E-state index is 6.29. The summed E-state index contributed by atoms with van der Waals surface area (Å²) in [5.41, 5.74) is 2.08. The summed E-state index contributed by atoms with van der Waals surface area (Å²) >= 11 is 9.78. The van der Waals surface area contributed by atoms with Gasteiger partial charge in [-0.05, 0) is 25.5 Å². The Labute approximate surface area is 133 Å². The van der Waals surface area contributed by atoms with Crippen molar-refractivity contribution in [2.45, 2.75) is 33.7 Å². The molecule has 20 heavy (non-hydrogen) atoms. The van der Waals surface area contributed by atoms with Gasteiger partial charge in [-0.1, -0.05) is 41.4 Å². The van der Waals surface area contributed by atoms with Gasteiger partial charge in [0.2, 0.25) is 0 Å². The fraction of sp³-hybridized carbons (Fsp3) is 0.533. The lowest BCUT2D eigenvalue weighted by atomic mass is 10.1. The molecule has 1 fully saturated rings. The normalized spacial score (nSPS) is 18.1. The van der Waals surface area contributed by atoms with E-state index < -0.39 is 0 Å². The van der Waals surface area contributed by atoms with Crippen LogP contribution in [0.4, 0.5) is 0 Å². The van der Waals surface area contributed by atoms with E-state index in [0.29, 0.717) is 5.92 Å². The number of nitrogens with zero attached hydrogens (tertiary/aromatic N) is 2. The van der Waals surface area contributed by atoms with Crippen LogP contribution in [0.5, 0.6) is 0 Å². The zero-order chi connectivity index (χ0) is 14.7. The van der Waals surface area contributed by atoms with Gasteiger partial charge >= 0.3 is 0 Å². The molecule has 0 aliphatic carbocycles. The third-order valence-electron chi connectivity index (χ3n) is 3.40. The van der Waals surface area contributed by atoms with Crippen LogP contribution in [0.2, 0.25) is 5.02 Å². The molecule has 0 N–H and O–H groups in total. The van der Waals surface area contributed by atoms with E-state index in [1.165, 1.54) is 0 Å². The first-order valence-corrected chi connectivity index (χ1v) is 8.22. The highest BCUT2D eigenvalue weighted by Crippen LogP contribution is 2.31. The first kappa shape index (κ1) is 15.8. The van der Waals surface area contributed by atoms with Crippen molar-refractivity contribution in [1.29, 1.82) is 0 Å². The molecule has 0 radical (unpaired) electrons. The molecule has 3 rings (SSSR count). The number of rotatable bonds is 2. The van der Waals surface area contributed by atoms with Gasteiger partial charge in [0, 0.05) is 28.9 Å². The summed E-state index contributed by atoms with van der Waals surface area (Å²) in [5, 5.41) is 6.42. The largest absolute Gasteiger partial charge is 0.381 e. The van der Waals surface area contributed by atoms with Crippen molar-refractivity contribution in [3.8, 4) is 0 Å². The van der Waals surface area contributed by atoms with Crippen LogP contribution in [0.15, 0.2) is 16.6 Å². The topological polar surface area (TPSA) is 27.1 Å². The molecule has 2 heterocycles. The van der Waals surface area contributed by atoms with Gasteiger partial charge in [-0.2, -0.15) is 5.10 Å². The number of aryl methyl sites for hydroxylation is 1. The smallest absolute Gasteiger partial charge is 0.0711 e. The van der Waals surface area contributed by atoms with Crippen LogP contribution in [0.25, 0.3) is 10.9 Å². The Morgan fingerprint density at radius 3 is 2.85 bits per heavy atom. The summed E-state index contributed by atoms with van der Waals surface area (Å²) in [7, 11) is 0. The van der Waals surface area contributed by atoms with E-state index in [1.807, 2.05) is 26.8 Å². The lowest BCUT2D eigenvalue weighted by molar-refractivity contribution is 0.182. The average Bonchev–Trinajstić information content (AvgIpc) is 3.01. The molecule has 3 nitrogen and oxygen atoms in total. The highest BCUT2D eigenvalue weighted by Gasteiger charge is 2.19. The van der Waals surface area contributed by atoms with E-state index in [-0.39, 0.29) is 0 Å². The average molecular weight is 360 g/mol. The number of aromatic nitrogens is 2. The molecule has 1 unspecified atom stereocenters. The number of fused-ring (bicyclic) bond motifs is 1. The summed E-state index contributed by atoms with van der Waals surface area (Å²) in [5.74, 6) is 0.560. The predicted molar refractivity (Wildman–Crippen MR) is 87.5 cm³/mol. The van der Waals surface area contributed by atoms with Gasteiger partial charge < -0.3 is 4.74 Å². The number of hydrogen-bond donors (Lipinski definition) is 0. The maximum Gasteiger partial charge on any atom is 0.0711 e.